The van der Waals surface area contributed by atoms with Crippen LogP contribution in [0.5, 0.6) is 0 Å². The molecule has 10 nitrogen and oxygen atoms in total. The van der Waals surface area contributed by atoms with Gasteiger partial charge in [0, 0.05) is 6.92 Å². The first-order valence-corrected chi connectivity index (χ1v) is 6.60. The van der Waals surface area contributed by atoms with Gasteiger partial charge in [0.05, 0.1) is 6.61 Å². The van der Waals surface area contributed by atoms with Crippen LogP contribution in [0.3, 0.4) is 0 Å². The SMILES string of the molecule is CC(=O)N[C@@H]1[C@@H](O)[C@H](O)[C@@H](CO)OC1(O)S(=O)(=O)O. The molecule has 1 amide bonds. The van der Waals surface area contributed by atoms with Crippen molar-refractivity contribution in [1.82, 2.24) is 5.32 Å². The summed E-state index contributed by atoms with van der Waals surface area (Å²) in [6.07, 6.45) is -5.42. The van der Waals surface area contributed by atoms with Crippen LogP contribution >= 0.6 is 0 Å². The van der Waals surface area contributed by atoms with E-state index >= 15 is 0 Å². The topological polar surface area (TPSA) is 174 Å². The van der Waals surface area contributed by atoms with Crippen LogP contribution in [-0.4, -0.2) is 75.4 Å². The smallest absolute Gasteiger partial charge is 0.324 e. The Balaban J connectivity index is 3.25. The minimum absolute atomic E-state index is 0.843. The Hall–Kier alpha value is -0.820. The number of aliphatic hydroxyl groups excluding tert-OH is 3. The summed E-state index contributed by atoms with van der Waals surface area (Å²) in [4.78, 5) is 10.9. The lowest BCUT2D eigenvalue weighted by atomic mass is 9.97. The second-order valence-electron chi connectivity index (χ2n) is 4.10. The molecule has 0 aromatic heterocycles. The molecule has 1 fully saturated rings. The van der Waals surface area contributed by atoms with E-state index in [2.05, 4.69) is 4.74 Å². The summed E-state index contributed by atoms with van der Waals surface area (Å²) in [6.45, 7) is 0.0322. The fourth-order valence-electron chi connectivity index (χ4n) is 1.75. The van der Waals surface area contributed by atoms with E-state index in [9.17, 15) is 28.5 Å². The maximum Gasteiger partial charge on any atom is 0.324 e. The highest BCUT2D eigenvalue weighted by atomic mass is 32.2. The summed E-state index contributed by atoms with van der Waals surface area (Å²) in [5.74, 6) is -0.843. The number of amides is 1. The van der Waals surface area contributed by atoms with Crippen LogP contribution in [0.1, 0.15) is 6.92 Å². The maximum absolute atomic E-state index is 11.2. The molecule has 0 bridgehead atoms. The van der Waals surface area contributed by atoms with Crippen LogP contribution in [0.4, 0.5) is 0 Å². The van der Waals surface area contributed by atoms with Crippen molar-refractivity contribution in [1.29, 1.82) is 0 Å². The van der Waals surface area contributed by atoms with Gasteiger partial charge in [-0.05, 0) is 0 Å². The van der Waals surface area contributed by atoms with Gasteiger partial charge in [0.1, 0.15) is 24.4 Å². The summed E-state index contributed by atoms with van der Waals surface area (Å²) >= 11 is 0. The number of ether oxygens (including phenoxy) is 1. The van der Waals surface area contributed by atoms with Gasteiger partial charge >= 0.3 is 15.2 Å². The molecule has 1 saturated heterocycles. The number of aliphatic hydroxyl groups is 4. The number of hydrogen-bond acceptors (Lipinski definition) is 8. The minimum Gasteiger partial charge on any atom is -0.394 e. The van der Waals surface area contributed by atoms with Crippen molar-refractivity contribution in [2.45, 2.75) is 36.4 Å². The molecule has 1 heterocycles. The molecule has 0 spiro atoms. The highest BCUT2D eigenvalue weighted by molar-refractivity contribution is 7.86. The second-order valence-corrected chi connectivity index (χ2v) is 5.64. The molecule has 0 aromatic rings. The first-order valence-electron chi connectivity index (χ1n) is 5.16. The summed E-state index contributed by atoms with van der Waals surface area (Å²) in [5, 5.41) is 36.4. The van der Waals surface area contributed by atoms with Crippen LogP contribution < -0.4 is 5.32 Å². The number of rotatable bonds is 3. The zero-order chi connectivity index (χ0) is 15.0. The quantitative estimate of drug-likeness (QED) is 0.285. The van der Waals surface area contributed by atoms with E-state index in [1.54, 1.807) is 0 Å². The lowest BCUT2D eigenvalue weighted by molar-refractivity contribution is -0.278. The van der Waals surface area contributed by atoms with Gasteiger partial charge in [0.2, 0.25) is 5.91 Å². The largest absolute Gasteiger partial charge is 0.394 e. The van der Waals surface area contributed by atoms with E-state index in [-0.39, 0.29) is 0 Å². The summed E-state index contributed by atoms with van der Waals surface area (Å²) < 4.78 is 35.8. The second kappa shape index (κ2) is 5.28. The van der Waals surface area contributed by atoms with Crippen molar-refractivity contribution in [2.24, 2.45) is 0 Å². The molecule has 1 rings (SSSR count). The zero-order valence-electron chi connectivity index (χ0n) is 9.79. The normalized spacial score (nSPS) is 39.9. The van der Waals surface area contributed by atoms with Crippen molar-refractivity contribution in [3.63, 3.8) is 0 Å². The highest BCUT2D eigenvalue weighted by Crippen LogP contribution is 2.31. The molecular weight excluding hydrogens is 286 g/mol. The molecule has 19 heavy (non-hydrogen) atoms. The molecule has 1 unspecified atom stereocenters. The zero-order valence-corrected chi connectivity index (χ0v) is 10.6. The molecule has 112 valence electrons. The van der Waals surface area contributed by atoms with Gasteiger partial charge in [-0.1, -0.05) is 0 Å². The predicted octanol–water partition coefficient (Wildman–Crippen LogP) is -3.86. The van der Waals surface area contributed by atoms with E-state index in [1.165, 1.54) is 0 Å². The third-order valence-corrected chi connectivity index (χ3v) is 3.78. The third-order valence-electron chi connectivity index (χ3n) is 2.69. The standard InChI is InChI=1S/C8H15NO9S/c1-3(11)9-7-6(13)5(12)4(2-10)18-8(7,14)19(15,16)17/h4-7,10,12-14H,2H2,1H3,(H,9,11)(H,15,16,17)/t4-,5-,6+,7-,8?/m1/s1. The van der Waals surface area contributed by atoms with Crippen LogP contribution in [0.2, 0.25) is 0 Å². The van der Waals surface area contributed by atoms with Gasteiger partial charge in [0.25, 0.3) is 0 Å². The Morgan fingerprint density at radius 1 is 1.37 bits per heavy atom. The van der Waals surface area contributed by atoms with Gasteiger partial charge in [-0.15, -0.1) is 0 Å². The Bertz CT molecular complexity index is 451. The number of nitrogens with one attached hydrogen (secondary N) is 1. The highest BCUT2D eigenvalue weighted by Gasteiger charge is 2.61. The van der Waals surface area contributed by atoms with Crippen molar-refractivity contribution in [2.75, 3.05) is 6.61 Å². The van der Waals surface area contributed by atoms with Gasteiger partial charge < -0.3 is 30.5 Å². The Morgan fingerprint density at radius 3 is 2.26 bits per heavy atom. The van der Waals surface area contributed by atoms with Gasteiger partial charge in [-0.2, -0.15) is 8.42 Å². The summed E-state index contributed by atoms with van der Waals surface area (Å²) in [7, 11) is -5.28. The monoisotopic (exact) mass is 301 g/mol. The predicted molar refractivity (Wildman–Crippen MR) is 58.1 cm³/mol. The van der Waals surface area contributed by atoms with E-state index in [0.29, 0.717) is 0 Å². The minimum atomic E-state index is -5.28. The first-order chi connectivity index (χ1) is 8.54. The van der Waals surface area contributed by atoms with Gasteiger partial charge in [-0.25, -0.2) is 0 Å². The van der Waals surface area contributed by atoms with Crippen molar-refractivity contribution in [3.05, 3.63) is 0 Å². The van der Waals surface area contributed by atoms with Crippen LogP contribution in [0.25, 0.3) is 0 Å². The first kappa shape index (κ1) is 16.2. The summed E-state index contributed by atoms with van der Waals surface area (Å²) in [6, 6.07) is -2.03. The Labute approximate surface area is 108 Å². The molecule has 1 aliphatic rings. The fraction of sp³-hybridized carbons (Fsp3) is 0.875. The Morgan fingerprint density at radius 2 is 1.89 bits per heavy atom. The van der Waals surface area contributed by atoms with Crippen LogP contribution in [0.15, 0.2) is 0 Å². The van der Waals surface area contributed by atoms with E-state index in [4.69, 9.17) is 9.66 Å². The fourth-order valence-corrected chi connectivity index (χ4v) is 2.52. The number of hydrogen-bond donors (Lipinski definition) is 6. The maximum atomic E-state index is 11.2. The molecule has 1 aliphatic heterocycles. The third kappa shape index (κ3) is 2.86. The molecule has 0 aliphatic carbocycles. The molecule has 0 radical (unpaired) electrons. The van der Waals surface area contributed by atoms with Crippen molar-refractivity contribution < 1.29 is 42.9 Å². The van der Waals surface area contributed by atoms with Crippen molar-refractivity contribution >= 4 is 16.0 Å². The van der Waals surface area contributed by atoms with E-state index in [1.807, 2.05) is 5.32 Å². The van der Waals surface area contributed by atoms with Gasteiger partial charge in [-0.3, -0.25) is 9.35 Å². The van der Waals surface area contributed by atoms with Gasteiger partial charge in [0.15, 0.2) is 0 Å². The van der Waals surface area contributed by atoms with Crippen molar-refractivity contribution in [3.8, 4) is 0 Å². The molecule has 11 heteroatoms. The number of carbonyl (C=O) groups is 1. The van der Waals surface area contributed by atoms with Crippen LogP contribution in [-0.2, 0) is 19.6 Å². The molecule has 0 aromatic carbocycles. The lowest BCUT2D eigenvalue weighted by Gasteiger charge is -2.45. The molecular formula is C8H15NO9S. The molecule has 6 N–H and O–H groups in total. The lowest BCUT2D eigenvalue weighted by Crippen LogP contribution is -2.72. The average molecular weight is 301 g/mol. The summed E-state index contributed by atoms with van der Waals surface area (Å²) in [5.41, 5.74) is 0. The van der Waals surface area contributed by atoms with Crippen LogP contribution in [0, 0.1) is 0 Å². The van der Waals surface area contributed by atoms with E-state index < -0.39 is 52.1 Å². The molecule has 0 saturated carbocycles. The average Bonchev–Trinajstić information content (AvgIpc) is 2.27. The number of carbonyl (C=O) groups excluding carboxylic acids is 1. The van der Waals surface area contributed by atoms with E-state index in [0.717, 1.165) is 6.92 Å². The Kier molecular flexibility index (Phi) is 4.51. The molecule has 5 atom stereocenters.